The van der Waals surface area contributed by atoms with Crippen LogP contribution in [-0.4, -0.2) is 35.3 Å². The Kier molecular flexibility index (Phi) is 3.67. The van der Waals surface area contributed by atoms with Crippen molar-refractivity contribution >= 4 is 17.6 Å². The Labute approximate surface area is 86.2 Å². The standard InChI is InChI=1S/C8H12N4O3/c1-15-8(14)3-10-7(13)5-12-4-6(9)2-11-12/h2,4H,3,5,9H2,1H3,(H,10,13). The molecule has 7 heteroatoms. The van der Waals surface area contributed by atoms with Gasteiger partial charge in [0.15, 0.2) is 0 Å². The van der Waals surface area contributed by atoms with Gasteiger partial charge in [0.05, 0.1) is 19.0 Å². The summed E-state index contributed by atoms with van der Waals surface area (Å²) in [7, 11) is 1.25. The Morgan fingerprint density at radius 3 is 2.93 bits per heavy atom. The van der Waals surface area contributed by atoms with Crippen molar-refractivity contribution in [1.29, 1.82) is 0 Å². The van der Waals surface area contributed by atoms with Gasteiger partial charge < -0.3 is 15.8 Å². The van der Waals surface area contributed by atoms with Crippen LogP contribution in [0.5, 0.6) is 0 Å². The number of hydrogen-bond acceptors (Lipinski definition) is 5. The number of carbonyl (C=O) groups is 2. The first-order valence-corrected chi connectivity index (χ1v) is 4.23. The van der Waals surface area contributed by atoms with E-state index in [1.54, 1.807) is 0 Å². The highest BCUT2D eigenvalue weighted by atomic mass is 16.5. The molecular weight excluding hydrogens is 200 g/mol. The van der Waals surface area contributed by atoms with Crippen LogP contribution in [0.1, 0.15) is 0 Å². The number of carbonyl (C=O) groups excluding carboxylic acids is 2. The van der Waals surface area contributed by atoms with Crippen LogP contribution in [0.2, 0.25) is 0 Å². The van der Waals surface area contributed by atoms with E-state index >= 15 is 0 Å². The van der Waals surface area contributed by atoms with E-state index in [1.807, 2.05) is 0 Å². The molecule has 0 atom stereocenters. The summed E-state index contributed by atoms with van der Waals surface area (Å²) in [6.45, 7) is -0.125. The van der Waals surface area contributed by atoms with Crippen molar-refractivity contribution < 1.29 is 14.3 Å². The van der Waals surface area contributed by atoms with Gasteiger partial charge in [-0.3, -0.25) is 14.3 Å². The van der Waals surface area contributed by atoms with E-state index in [-0.39, 0.29) is 19.0 Å². The van der Waals surface area contributed by atoms with Gasteiger partial charge in [-0.15, -0.1) is 0 Å². The molecule has 0 saturated heterocycles. The van der Waals surface area contributed by atoms with E-state index in [4.69, 9.17) is 5.73 Å². The van der Waals surface area contributed by atoms with Crippen LogP contribution in [0.3, 0.4) is 0 Å². The summed E-state index contributed by atoms with van der Waals surface area (Å²) in [5, 5.41) is 6.19. The second-order valence-corrected chi connectivity index (χ2v) is 2.82. The first-order valence-electron chi connectivity index (χ1n) is 4.23. The van der Waals surface area contributed by atoms with E-state index < -0.39 is 5.97 Å². The Balaban J connectivity index is 2.33. The molecule has 15 heavy (non-hydrogen) atoms. The van der Waals surface area contributed by atoms with Gasteiger partial charge in [0.1, 0.15) is 13.1 Å². The van der Waals surface area contributed by atoms with Crippen LogP contribution in [0.25, 0.3) is 0 Å². The molecule has 0 radical (unpaired) electrons. The number of nitrogens with two attached hydrogens (primary N) is 1. The average molecular weight is 212 g/mol. The topological polar surface area (TPSA) is 99.2 Å². The van der Waals surface area contributed by atoms with Crippen molar-refractivity contribution in [3.8, 4) is 0 Å². The molecule has 0 unspecified atom stereocenters. The maximum Gasteiger partial charge on any atom is 0.325 e. The van der Waals surface area contributed by atoms with Gasteiger partial charge in [-0.1, -0.05) is 0 Å². The van der Waals surface area contributed by atoms with Crippen molar-refractivity contribution in [3.05, 3.63) is 12.4 Å². The van der Waals surface area contributed by atoms with E-state index in [2.05, 4.69) is 15.2 Å². The fraction of sp³-hybridized carbons (Fsp3) is 0.375. The third-order valence-corrected chi connectivity index (χ3v) is 1.62. The highest BCUT2D eigenvalue weighted by molar-refractivity contribution is 5.81. The SMILES string of the molecule is COC(=O)CNC(=O)Cn1cc(N)cn1. The number of nitrogen functional groups attached to an aromatic ring is 1. The van der Waals surface area contributed by atoms with Gasteiger partial charge in [-0.25, -0.2) is 0 Å². The number of nitrogens with one attached hydrogen (secondary N) is 1. The Hall–Kier alpha value is -2.05. The lowest BCUT2D eigenvalue weighted by atomic mass is 10.5. The molecule has 0 aliphatic carbocycles. The number of hydrogen-bond donors (Lipinski definition) is 2. The molecule has 0 aromatic carbocycles. The molecule has 1 aromatic rings. The highest BCUT2D eigenvalue weighted by Gasteiger charge is 2.06. The fourth-order valence-electron chi connectivity index (χ4n) is 0.912. The molecule has 0 fully saturated rings. The number of ether oxygens (including phenoxy) is 1. The third kappa shape index (κ3) is 3.67. The number of methoxy groups -OCH3 is 1. The summed E-state index contributed by atoms with van der Waals surface area (Å²) in [6, 6.07) is 0. The summed E-state index contributed by atoms with van der Waals surface area (Å²) in [5.74, 6) is -0.827. The zero-order valence-electron chi connectivity index (χ0n) is 8.27. The van der Waals surface area contributed by atoms with Gasteiger partial charge in [0, 0.05) is 6.20 Å². The molecule has 0 aliphatic rings. The second kappa shape index (κ2) is 4.99. The molecule has 82 valence electrons. The Morgan fingerprint density at radius 1 is 1.67 bits per heavy atom. The van der Waals surface area contributed by atoms with Crippen LogP contribution < -0.4 is 11.1 Å². The maximum absolute atomic E-state index is 11.2. The molecule has 7 nitrogen and oxygen atoms in total. The number of esters is 1. The molecule has 1 heterocycles. The molecule has 3 N–H and O–H groups in total. The molecular formula is C8H12N4O3. The predicted octanol–water partition coefficient (Wildman–Crippen LogP) is -1.25. The van der Waals surface area contributed by atoms with Gasteiger partial charge in [-0.2, -0.15) is 5.10 Å². The zero-order chi connectivity index (χ0) is 11.3. The first kappa shape index (κ1) is 11.0. The summed E-state index contributed by atoms with van der Waals surface area (Å²) in [4.78, 5) is 21.9. The Morgan fingerprint density at radius 2 is 2.40 bits per heavy atom. The maximum atomic E-state index is 11.2. The molecule has 1 amide bonds. The number of anilines is 1. The van der Waals surface area contributed by atoms with Gasteiger partial charge in [0.25, 0.3) is 0 Å². The van der Waals surface area contributed by atoms with Gasteiger partial charge in [0.2, 0.25) is 5.91 Å². The predicted molar refractivity (Wildman–Crippen MR) is 51.7 cm³/mol. The molecule has 1 aromatic heterocycles. The van der Waals surface area contributed by atoms with Crippen molar-refractivity contribution in [2.75, 3.05) is 19.4 Å². The van der Waals surface area contributed by atoms with E-state index in [0.29, 0.717) is 5.69 Å². The lowest BCUT2D eigenvalue weighted by Crippen LogP contribution is -2.32. The second-order valence-electron chi connectivity index (χ2n) is 2.82. The summed E-state index contributed by atoms with van der Waals surface area (Å²) in [6.07, 6.45) is 2.96. The monoisotopic (exact) mass is 212 g/mol. The number of nitrogens with zero attached hydrogens (tertiary/aromatic N) is 2. The minimum Gasteiger partial charge on any atom is -0.468 e. The van der Waals surface area contributed by atoms with Crippen LogP contribution in [0, 0.1) is 0 Å². The third-order valence-electron chi connectivity index (χ3n) is 1.62. The molecule has 0 bridgehead atoms. The largest absolute Gasteiger partial charge is 0.468 e. The summed E-state index contributed by atoms with van der Waals surface area (Å²) >= 11 is 0. The van der Waals surface area contributed by atoms with Crippen molar-refractivity contribution in [1.82, 2.24) is 15.1 Å². The van der Waals surface area contributed by atoms with Crippen LogP contribution >= 0.6 is 0 Å². The van der Waals surface area contributed by atoms with Gasteiger partial charge in [-0.05, 0) is 0 Å². The summed E-state index contributed by atoms with van der Waals surface area (Å²) < 4.78 is 5.74. The van der Waals surface area contributed by atoms with Crippen LogP contribution in [-0.2, 0) is 20.9 Å². The van der Waals surface area contributed by atoms with Crippen molar-refractivity contribution in [2.24, 2.45) is 0 Å². The van der Waals surface area contributed by atoms with Gasteiger partial charge >= 0.3 is 5.97 Å². The molecule has 0 spiro atoms. The first-order chi connectivity index (χ1) is 7.11. The van der Waals surface area contributed by atoms with Crippen LogP contribution in [0.4, 0.5) is 5.69 Å². The normalized spacial score (nSPS) is 9.67. The lowest BCUT2D eigenvalue weighted by molar-refractivity contribution is -0.141. The minimum absolute atomic E-state index is 0.0220. The average Bonchev–Trinajstić information content (AvgIpc) is 2.60. The zero-order valence-corrected chi connectivity index (χ0v) is 8.27. The molecule has 0 aliphatic heterocycles. The van der Waals surface area contributed by atoms with Crippen molar-refractivity contribution in [2.45, 2.75) is 6.54 Å². The molecule has 1 rings (SSSR count). The van der Waals surface area contributed by atoms with E-state index in [9.17, 15) is 9.59 Å². The highest BCUT2D eigenvalue weighted by Crippen LogP contribution is 1.96. The summed E-state index contributed by atoms with van der Waals surface area (Å²) in [5.41, 5.74) is 5.89. The number of rotatable bonds is 4. The Bertz CT molecular complexity index is 361. The number of amides is 1. The number of aromatic nitrogens is 2. The van der Waals surface area contributed by atoms with Crippen molar-refractivity contribution in [3.63, 3.8) is 0 Å². The quantitative estimate of drug-likeness (QED) is 0.608. The molecule has 0 saturated carbocycles. The van der Waals surface area contributed by atoms with Crippen LogP contribution in [0.15, 0.2) is 12.4 Å². The smallest absolute Gasteiger partial charge is 0.325 e. The lowest BCUT2D eigenvalue weighted by Gasteiger charge is -2.03. The fourth-order valence-corrected chi connectivity index (χ4v) is 0.912. The van der Waals surface area contributed by atoms with E-state index in [0.717, 1.165) is 0 Å². The van der Waals surface area contributed by atoms with E-state index in [1.165, 1.54) is 24.2 Å². The minimum atomic E-state index is -0.497.